The van der Waals surface area contributed by atoms with Crippen LogP contribution in [-0.4, -0.2) is 36.4 Å². The minimum Gasteiger partial charge on any atom is -0.443 e. The molecular formula is C23H24FN3O2. The highest BCUT2D eigenvalue weighted by Gasteiger charge is 2.32. The van der Waals surface area contributed by atoms with Crippen LogP contribution in [-0.2, 0) is 11.3 Å². The fourth-order valence-corrected chi connectivity index (χ4v) is 3.53. The van der Waals surface area contributed by atoms with Crippen LogP contribution < -0.4 is 10.2 Å². The molecule has 150 valence electrons. The first kappa shape index (κ1) is 19.2. The summed E-state index contributed by atoms with van der Waals surface area (Å²) in [6.45, 7) is 4.59. The molecule has 29 heavy (non-hydrogen) atoms. The van der Waals surface area contributed by atoms with Gasteiger partial charge in [0.05, 0.1) is 12.2 Å². The topological polar surface area (TPSA) is 46.5 Å². The van der Waals surface area contributed by atoms with Gasteiger partial charge < -0.3 is 14.6 Å². The van der Waals surface area contributed by atoms with Crippen molar-refractivity contribution in [2.45, 2.75) is 19.6 Å². The van der Waals surface area contributed by atoms with Crippen LogP contribution in [0.4, 0.5) is 14.9 Å². The van der Waals surface area contributed by atoms with Gasteiger partial charge in [0.2, 0.25) is 0 Å². The van der Waals surface area contributed by atoms with E-state index in [2.05, 4.69) is 9.88 Å². The molecule has 1 atom stereocenters. The molecule has 0 unspecified atom stereocenters. The zero-order chi connectivity index (χ0) is 20.2. The number of cyclic esters (lactones) is 1. The summed E-state index contributed by atoms with van der Waals surface area (Å²) in [4.78, 5) is 13.6. The Labute approximate surface area is 169 Å². The fraction of sp³-hybridized carbons (Fsp3) is 0.261. The van der Waals surface area contributed by atoms with E-state index >= 15 is 0 Å². The molecule has 6 heteroatoms. The second-order valence-electron chi connectivity index (χ2n) is 7.14. The Hall–Kier alpha value is -3.12. The third-order valence-electron chi connectivity index (χ3n) is 5.06. The summed E-state index contributed by atoms with van der Waals surface area (Å²) >= 11 is 0. The monoisotopic (exact) mass is 393 g/mol. The molecule has 1 aliphatic heterocycles. The number of carbonyl (C=O) groups excluding carboxylic acids is 1. The highest BCUT2D eigenvalue weighted by atomic mass is 19.1. The van der Waals surface area contributed by atoms with Gasteiger partial charge in [0.1, 0.15) is 11.9 Å². The minimum absolute atomic E-state index is 0.224. The molecule has 3 aromatic rings. The summed E-state index contributed by atoms with van der Waals surface area (Å²) in [7, 11) is 0. The first-order valence-electron chi connectivity index (χ1n) is 9.82. The summed E-state index contributed by atoms with van der Waals surface area (Å²) in [5.41, 5.74) is 2.98. The molecule has 0 aliphatic carbocycles. The molecular weight excluding hydrogens is 369 g/mol. The Morgan fingerprint density at radius 2 is 1.90 bits per heavy atom. The van der Waals surface area contributed by atoms with Crippen LogP contribution in [0.3, 0.4) is 0 Å². The van der Waals surface area contributed by atoms with Gasteiger partial charge >= 0.3 is 6.09 Å². The highest BCUT2D eigenvalue weighted by molar-refractivity contribution is 5.90. The molecule has 4 rings (SSSR count). The van der Waals surface area contributed by atoms with E-state index in [4.69, 9.17) is 4.74 Å². The third-order valence-corrected chi connectivity index (χ3v) is 5.06. The van der Waals surface area contributed by atoms with Crippen molar-refractivity contribution in [2.24, 2.45) is 0 Å². The number of aromatic nitrogens is 1. The van der Waals surface area contributed by atoms with E-state index in [0.29, 0.717) is 24.3 Å². The van der Waals surface area contributed by atoms with E-state index in [1.165, 1.54) is 11.0 Å². The number of ether oxygens (including phenoxy) is 1. The van der Waals surface area contributed by atoms with Crippen LogP contribution in [0, 0.1) is 5.82 Å². The molecule has 5 nitrogen and oxygen atoms in total. The molecule has 1 aromatic heterocycles. The number of likely N-dealkylation sites (N-methyl/N-ethyl adjacent to an activating group) is 1. The Balaban J connectivity index is 1.48. The minimum atomic E-state index is -0.436. The van der Waals surface area contributed by atoms with Crippen molar-refractivity contribution in [3.8, 4) is 11.1 Å². The highest BCUT2D eigenvalue weighted by Crippen LogP contribution is 2.29. The van der Waals surface area contributed by atoms with Crippen LogP contribution in [0.25, 0.3) is 11.1 Å². The number of carbonyl (C=O) groups is 1. The molecule has 1 N–H and O–H groups in total. The van der Waals surface area contributed by atoms with Crippen molar-refractivity contribution in [1.82, 2.24) is 9.88 Å². The molecule has 1 fully saturated rings. The average Bonchev–Trinajstić information content (AvgIpc) is 3.36. The Morgan fingerprint density at radius 3 is 2.59 bits per heavy atom. The van der Waals surface area contributed by atoms with E-state index < -0.39 is 6.09 Å². The zero-order valence-corrected chi connectivity index (χ0v) is 16.3. The lowest BCUT2D eigenvalue weighted by atomic mass is 10.0. The maximum absolute atomic E-state index is 14.8. The number of halogens is 1. The SMILES string of the molecule is CCNC[C@H]1CN(c2ccc(-c3ccc(Cn4cccc4)cc3)c(F)c2)C(=O)O1. The first-order valence-corrected chi connectivity index (χ1v) is 9.82. The molecule has 0 radical (unpaired) electrons. The first-order chi connectivity index (χ1) is 14.1. The molecule has 0 spiro atoms. The third kappa shape index (κ3) is 4.32. The van der Waals surface area contributed by atoms with E-state index in [9.17, 15) is 9.18 Å². The Morgan fingerprint density at radius 1 is 1.14 bits per heavy atom. The summed E-state index contributed by atoms with van der Waals surface area (Å²) in [5.74, 6) is -0.358. The molecule has 0 bridgehead atoms. The predicted molar refractivity (Wildman–Crippen MR) is 112 cm³/mol. The normalized spacial score (nSPS) is 16.3. The maximum Gasteiger partial charge on any atom is 0.414 e. The standard InChI is InChI=1S/C23H24FN3O2/c1-2-25-14-20-16-27(23(28)29-20)19-9-10-21(22(24)13-19)18-7-5-17(6-8-18)15-26-11-3-4-12-26/h3-13,20,25H,2,14-16H2,1H3/t20-/m0/s1. The zero-order valence-electron chi connectivity index (χ0n) is 16.3. The van der Waals surface area contributed by atoms with E-state index in [1.807, 2.05) is 55.7 Å². The summed E-state index contributed by atoms with van der Waals surface area (Å²) in [6.07, 6.45) is 3.37. The second kappa shape index (κ2) is 8.49. The Bertz CT molecular complexity index is 970. The number of nitrogens with zero attached hydrogens (tertiary/aromatic N) is 2. The van der Waals surface area contributed by atoms with Gasteiger partial charge in [-0.15, -0.1) is 0 Å². The van der Waals surface area contributed by atoms with E-state index in [0.717, 1.165) is 24.2 Å². The van der Waals surface area contributed by atoms with Gasteiger partial charge in [-0.1, -0.05) is 31.2 Å². The van der Waals surface area contributed by atoms with Gasteiger partial charge in [-0.05, 0) is 48.0 Å². The van der Waals surface area contributed by atoms with Gasteiger partial charge in [0.25, 0.3) is 0 Å². The van der Waals surface area contributed by atoms with E-state index in [-0.39, 0.29) is 11.9 Å². The number of nitrogens with one attached hydrogen (secondary N) is 1. The Kier molecular flexibility index (Phi) is 5.62. The maximum atomic E-state index is 14.8. The largest absolute Gasteiger partial charge is 0.443 e. The number of benzene rings is 2. The lowest BCUT2D eigenvalue weighted by Gasteiger charge is -2.15. The lowest BCUT2D eigenvalue weighted by molar-refractivity contribution is 0.140. The molecule has 1 saturated heterocycles. The molecule has 2 heterocycles. The van der Waals surface area contributed by atoms with Gasteiger partial charge in [0.15, 0.2) is 0 Å². The summed E-state index contributed by atoms with van der Waals surface area (Å²) in [5, 5.41) is 3.16. The number of rotatable bonds is 7. The molecule has 2 aromatic carbocycles. The molecule has 1 aliphatic rings. The van der Waals surface area contributed by atoms with Crippen LogP contribution in [0.15, 0.2) is 67.0 Å². The van der Waals surface area contributed by atoms with Crippen molar-refractivity contribution in [3.63, 3.8) is 0 Å². The second-order valence-corrected chi connectivity index (χ2v) is 7.14. The number of hydrogen-bond acceptors (Lipinski definition) is 3. The fourth-order valence-electron chi connectivity index (χ4n) is 3.53. The van der Waals surface area contributed by atoms with Gasteiger partial charge in [-0.2, -0.15) is 0 Å². The summed E-state index contributed by atoms with van der Waals surface area (Å²) in [6, 6.07) is 16.7. The van der Waals surface area contributed by atoms with Gasteiger partial charge in [-0.3, -0.25) is 4.90 Å². The smallest absolute Gasteiger partial charge is 0.414 e. The molecule has 1 amide bonds. The van der Waals surface area contributed by atoms with Gasteiger partial charge in [0, 0.05) is 31.0 Å². The van der Waals surface area contributed by atoms with Crippen molar-refractivity contribution >= 4 is 11.8 Å². The van der Waals surface area contributed by atoms with E-state index in [1.54, 1.807) is 12.1 Å². The van der Waals surface area contributed by atoms with Crippen LogP contribution in [0.5, 0.6) is 0 Å². The van der Waals surface area contributed by atoms with Crippen molar-refractivity contribution < 1.29 is 13.9 Å². The van der Waals surface area contributed by atoms with Crippen LogP contribution in [0.1, 0.15) is 12.5 Å². The van der Waals surface area contributed by atoms with Crippen LogP contribution in [0.2, 0.25) is 0 Å². The number of hydrogen-bond donors (Lipinski definition) is 1. The van der Waals surface area contributed by atoms with Gasteiger partial charge in [-0.25, -0.2) is 9.18 Å². The van der Waals surface area contributed by atoms with Crippen LogP contribution >= 0.6 is 0 Å². The molecule has 0 saturated carbocycles. The van der Waals surface area contributed by atoms with Crippen molar-refractivity contribution in [2.75, 3.05) is 24.5 Å². The average molecular weight is 393 g/mol. The van der Waals surface area contributed by atoms with Crippen molar-refractivity contribution in [1.29, 1.82) is 0 Å². The van der Waals surface area contributed by atoms with Crippen molar-refractivity contribution in [3.05, 3.63) is 78.4 Å². The summed E-state index contributed by atoms with van der Waals surface area (Å²) < 4.78 is 22.3. The quantitative estimate of drug-likeness (QED) is 0.652. The lowest BCUT2D eigenvalue weighted by Crippen LogP contribution is -2.30. The number of anilines is 1. The predicted octanol–water partition coefficient (Wildman–Crippen LogP) is 4.28. The number of amides is 1.